The van der Waals surface area contributed by atoms with Gasteiger partial charge in [0.15, 0.2) is 0 Å². The topological polar surface area (TPSA) is 58.2 Å². The van der Waals surface area contributed by atoms with Gasteiger partial charge in [-0.1, -0.05) is 15.9 Å². The Bertz CT molecular complexity index is 712. The minimum absolute atomic E-state index is 0.233. The van der Waals surface area contributed by atoms with E-state index in [4.69, 9.17) is 0 Å². The fourth-order valence-electron chi connectivity index (χ4n) is 1.72. The average Bonchev–Trinajstić information content (AvgIpc) is 2.43. The first kappa shape index (κ1) is 14.9. The van der Waals surface area contributed by atoms with Crippen LogP contribution in [-0.2, 0) is 10.0 Å². The number of hydrogen-bond donors (Lipinski definition) is 2. The Labute approximate surface area is 127 Å². The number of nitrogens with one attached hydrogen (secondary N) is 2. The highest BCUT2D eigenvalue weighted by Gasteiger charge is 2.14. The van der Waals surface area contributed by atoms with E-state index in [1.165, 1.54) is 0 Å². The lowest BCUT2D eigenvalue weighted by atomic mass is 10.2. The third-order valence-corrected chi connectivity index (χ3v) is 5.15. The van der Waals surface area contributed by atoms with Crippen molar-refractivity contribution in [3.8, 4) is 0 Å². The van der Waals surface area contributed by atoms with Crippen LogP contribution in [0.25, 0.3) is 0 Å². The van der Waals surface area contributed by atoms with Crippen molar-refractivity contribution in [1.29, 1.82) is 0 Å². The first-order valence-corrected chi connectivity index (χ1v) is 8.27. The predicted octanol–water partition coefficient (Wildman–Crippen LogP) is 3.60. The molecular formula is C14H15BrN2O2S. The van der Waals surface area contributed by atoms with Crippen molar-refractivity contribution < 1.29 is 8.42 Å². The quantitative estimate of drug-likeness (QED) is 0.881. The largest absolute Gasteiger partial charge is 0.388 e. The van der Waals surface area contributed by atoms with E-state index in [1.807, 2.05) is 13.0 Å². The number of aryl methyl sites for hydroxylation is 1. The second-order valence-corrected chi connectivity index (χ2v) is 6.88. The van der Waals surface area contributed by atoms with Crippen LogP contribution in [0, 0.1) is 6.92 Å². The molecule has 2 aromatic rings. The van der Waals surface area contributed by atoms with Crippen LogP contribution in [-0.4, -0.2) is 15.5 Å². The molecule has 0 heterocycles. The van der Waals surface area contributed by atoms with E-state index in [0.717, 1.165) is 15.7 Å². The van der Waals surface area contributed by atoms with Gasteiger partial charge in [0.25, 0.3) is 10.0 Å². The Balaban J connectivity index is 2.27. The van der Waals surface area contributed by atoms with Gasteiger partial charge in [-0.25, -0.2) is 8.42 Å². The van der Waals surface area contributed by atoms with Crippen LogP contribution in [0.4, 0.5) is 11.4 Å². The molecule has 0 unspecified atom stereocenters. The van der Waals surface area contributed by atoms with Gasteiger partial charge >= 0.3 is 0 Å². The Morgan fingerprint density at radius 3 is 2.15 bits per heavy atom. The molecule has 0 radical (unpaired) electrons. The lowest BCUT2D eigenvalue weighted by Gasteiger charge is -2.10. The van der Waals surface area contributed by atoms with Gasteiger partial charge in [-0.05, 0) is 55.0 Å². The molecule has 0 saturated heterocycles. The number of halogens is 1. The highest BCUT2D eigenvalue weighted by molar-refractivity contribution is 9.10. The van der Waals surface area contributed by atoms with Crippen LogP contribution < -0.4 is 10.0 Å². The van der Waals surface area contributed by atoms with Crippen LogP contribution >= 0.6 is 15.9 Å². The Hall–Kier alpha value is -1.53. The Morgan fingerprint density at radius 2 is 1.60 bits per heavy atom. The molecule has 2 rings (SSSR count). The van der Waals surface area contributed by atoms with Crippen LogP contribution in [0.1, 0.15) is 5.56 Å². The summed E-state index contributed by atoms with van der Waals surface area (Å²) in [4.78, 5) is 0.233. The zero-order valence-corrected chi connectivity index (χ0v) is 13.5. The normalized spacial score (nSPS) is 11.2. The van der Waals surface area contributed by atoms with Gasteiger partial charge in [0.05, 0.1) is 4.90 Å². The van der Waals surface area contributed by atoms with E-state index in [9.17, 15) is 8.42 Å². The van der Waals surface area contributed by atoms with Crippen LogP contribution in [0.3, 0.4) is 0 Å². The highest BCUT2D eigenvalue weighted by atomic mass is 79.9. The Kier molecular flexibility index (Phi) is 4.35. The van der Waals surface area contributed by atoms with Crippen molar-refractivity contribution in [2.45, 2.75) is 11.8 Å². The van der Waals surface area contributed by atoms with E-state index >= 15 is 0 Å². The maximum absolute atomic E-state index is 12.3. The van der Waals surface area contributed by atoms with E-state index in [1.54, 1.807) is 43.4 Å². The number of anilines is 2. The monoisotopic (exact) mass is 354 g/mol. The van der Waals surface area contributed by atoms with Gasteiger partial charge in [-0.3, -0.25) is 4.72 Å². The third-order valence-electron chi connectivity index (χ3n) is 2.86. The maximum atomic E-state index is 12.3. The lowest BCUT2D eigenvalue weighted by molar-refractivity contribution is 0.601. The van der Waals surface area contributed by atoms with E-state index < -0.39 is 10.0 Å². The predicted molar refractivity (Wildman–Crippen MR) is 85.7 cm³/mol. The minimum Gasteiger partial charge on any atom is -0.388 e. The summed E-state index contributed by atoms with van der Waals surface area (Å²) in [6.07, 6.45) is 0. The molecule has 0 aromatic heterocycles. The lowest BCUT2D eigenvalue weighted by Crippen LogP contribution is -2.13. The molecule has 0 saturated carbocycles. The van der Waals surface area contributed by atoms with Crippen molar-refractivity contribution in [3.63, 3.8) is 0 Å². The summed E-state index contributed by atoms with van der Waals surface area (Å²) in [5, 5.41) is 2.95. The molecular weight excluding hydrogens is 340 g/mol. The second kappa shape index (κ2) is 5.85. The summed E-state index contributed by atoms with van der Waals surface area (Å²) in [5.41, 5.74) is 2.38. The smallest absolute Gasteiger partial charge is 0.261 e. The van der Waals surface area contributed by atoms with Gasteiger partial charge in [0.1, 0.15) is 0 Å². The first-order valence-electron chi connectivity index (χ1n) is 5.99. The maximum Gasteiger partial charge on any atom is 0.261 e. The van der Waals surface area contributed by atoms with Gasteiger partial charge in [-0.15, -0.1) is 0 Å². The summed E-state index contributed by atoms with van der Waals surface area (Å²) in [5.74, 6) is 0. The summed E-state index contributed by atoms with van der Waals surface area (Å²) in [6.45, 7) is 1.91. The molecule has 2 N–H and O–H groups in total. The summed E-state index contributed by atoms with van der Waals surface area (Å²) < 4.78 is 28.0. The fourth-order valence-corrected chi connectivity index (χ4v) is 3.02. The summed E-state index contributed by atoms with van der Waals surface area (Å²) >= 11 is 3.39. The fraction of sp³-hybridized carbons (Fsp3) is 0.143. The SMILES string of the molecule is CNc1ccc(S(=O)(=O)Nc2ccc(Br)c(C)c2)cc1. The van der Waals surface area contributed by atoms with Crippen molar-refractivity contribution in [2.24, 2.45) is 0 Å². The molecule has 0 bridgehead atoms. The summed E-state index contributed by atoms with van der Waals surface area (Å²) in [6, 6.07) is 11.9. The van der Waals surface area contributed by atoms with Crippen molar-refractivity contribution in [1.82, 2.24) is 0 Å². The van der Waals surface area contributed by atoms with Crippen LogP contribution in [0.2, 0.25) is 0 Å². The number of sulfonamides is 1. The summed E-state index contributed by atoms with van der Waals surface area (Å²) in [7, 11) is -1.78. The van der Waals surface area contributed by atoms with Gasteiger partial charge in [-0.2, -0.15) is 0 Å². The van der Waals surface area contributed by atoms with Gasteiger partial charge in [0, 0.05) is 22.9 Å². The van der Waals surface area contributed by atoms with E-state index in [2.05, 4.69) is 26.0 Å². The number of benzene rings is 2. The molecule has 106 valence electrons. The molecule has 0 spiro atoms. The second-order valence-electron chi connectivity index (χ2n) is 4.34. The molecule has 0 aliphatic carbocycles. The van der Waals surface area contributed by atoms with Crippen LogP contribution in [0.5, 0.6) is 0 Å². The van der Waals surface area contributed by atoms with Gasteiger partial charge in [0.2, 0.25) is 0 Å². The van der Waals surface area contributed by atoms with Crippen molar-refractivity contribution in [3.05, 3.63) is 52.5 Å². The molecule has 0 aliphatic heterocycles. The first-order chi connectivity index (χ1) is 9.42. The molecule has 0 fully saturated rings. The molecule has 2 aromatic carbocycles. The Morgan fingerprint density at radius 1 is 1.00 bits per heavy atom. The van der Waals surface area contributed by atoms with Crippen LogP contribution in [0.15, 0.2) is 51.8 Å². The molecule has 0 aliphatic rings. The standard InChI is InChI=1S/C14H15BrN2O2S/c1-10-9-12(5-8-14(10)15)17-20(18,19)13-6-3-11(16-2)4-7-13/h3-9,16-17H,1-2H3. The molecule has 4 nitrogen and oxygen atoms in total. The zero-order valence-electron chi connectivity index (χ0n) is 11.1. The minimum atomic E-state index is -3.56. The van der Waals surface area contributed by atoms with E-state index in [0.29, 0.717) is 5.69 Å². The van der Waals surface area contributed by atoms with Crippen molar-refractivity contribution in [2.75, 3.05) is 17.1 Å². The van der Waals surface area contributed by atoms with E-state index in [-0.39, 0.29) is 4.90 Å². The zero-order chi connectivity index (χ0) is 14.8. The number of hydrogen-bond acceptors (Lipinski definition) is 3. The molecule has 0 atom stereocenters. The molecule has 6 heteroatoms. The average molecular weight is 355 g/mol. The third kappa shape index (κ3) is 3.32. The van der Waals surface area contributed by atoms with Crippen molar-refractivity contribution >= 4 is 37.3 Å². The van der Waals surface area contributed by atoms with Gasteiger partial charge < -0.3 is 5.32 Å². The highest BCUT2D eigenvalue weighted by Crippen LogP contribution is 2.23. The molecule has 0 amide bonds. The number of rotatable bonds is 4. The molecule has 20 heavy (non-hydrogen) atoms.